The average Bonchev–Trinajstić information content (AvgIpc) is 2.41. The van der Waals surface area contributed by atoms with Gasteiger partial charge in [0.2, 0.25) is 0 Å². The molecule has 0 spiro atoms. The van der Waals surface area contributed by atoms with Crippen LogP contribution in [0.15, 0.2) is 18.2 Å². The van der Waals surface area contributed by atoms with Gasteiger partial charge in [0.15, 0.2) is 11.5 Å². The zero-order valence-corrected chi connectivity index (χ0v) is 11.8. The summed E-state index contributed by atoms with van der Waals surface area (Å²) in [7, 11) is 0. The summed E-state index contributed by atoms with van der Waals surface area (Å²) >= 11 is 0. The number of ketones is 1. The number of nitro benzene ring substituents is 1. The van der Waals surface area contributed by atoms with Gasteiger partial charge in [0.05, 0.1) is 11.0 Å². The Labute approximate surface area is 118 Å². The standard InChI is InChI=1S/C15H19NO4/c1-10-3-6-13(7-4-10)20-15-8-5-12(11(2)17)9-14(15)16(18)19/h5,8-10,13H,3-4,6-7H2,1-2H3. The zero-order chi connectivity index (χ0) is 14.7. The fraction of sp³-hybridized carbons (Fsp3) is 0.533. The van der Waals surface area contributed by atoms with E-state index < -0.39 is 4.92 Å². The second-order valence-electron chi connectivity index (χ2n) is 5.50. The molecule has 0 amide bonds. The van der Waals surface area contributed by atoms with Crippen molar-refractivity contribution in [2.45, 2.75) is 45.6 Å². The van der Waals surface area contributed by atoms with Crippen LogP contribution in [0.1, 0.15) is 49.9 Å². The average molecular weight is 277 g/mol. The molecule has 0 aliphatic heterocycles. The van der Waals surface area contributed by atoms with Gasteiger partial charge >= 0.3 is 5.69 Å². The van der Waals surface area contributed by atoms with Gasteiger partial charge in [0.25, 0.3) is 0 Å². The van der Waals surface area contributed by atoms with Crippen molar-refractivity contribution in [3.8, 4) is 5.75 Å². The van der Waals surface area contributed by atoms with Crippen molar-refractivity contribution in [3.05, 3.63) is 33.9 Å². The molecule has 1 saturated carbocycles. The predicted molar refractivity (Wildman–Crippen MR) is 75.1 cm³/mol. The van der Waals surface area contributed by atoms with E-state index in [0.717, 1.165) is 25.7 Å². The molecular formula is C15H19NO4. The smallest absolute Gasteiger partial charge is 0.311 e. The van der Waals surface area contributed by atoms with Crippen LogP contribution in [-0.2, 0) is 0 Å². The van der Waals surface area contributed by atoms with Crippen LogP contribution in [0.25, 0.3) is 0 Å². The third-order valence-electron chi connectivity index (χ3n) is 3.82. The number of hydrogen-bond acceptors (Lipinski definition) is 4. The first-order valence-electron chi connectivity index (χ1n) is 6.93. The van der Waals surface area contributed by atoms with Gasteiger partial charge in [-0.25, -0.2) is 0 Å². The molecule has 0 saturated heterocycles. The molecule has 2 rings (SSSR count). The summed E-state index contributed by atoms with van der Waals surface area (Å²) < 4.78 is 5.78. The van der Waals surface area contributed by atoms with Crippen molar-refractivity contribution >= 4 is 11.5 Å². The van der Waals surface area contributed by atoms with E-state index in [1.807, 2.05) is 0 Å². The SMILES string of the molecule is CC(=O)c1ccc(OC2CCC(C)CC2)c([N+](=O)[O-])c1. The second-order valence-corrected chi connectivity index (χ2v) is 5.50. The van der Waals surface area contributed by atoms with Gasteiger partial charge in [0, 0.05) is 11.6 Å². The third-order valence-corrected chi connectivity index (χ3v) is 3.82. The van der Waals surface area contributed by atoms with E-state index in [9.17, 15) is 14.9 Å². The highest BCUT2D eigenvalue weighted by atomic mass is 16.6. The molecule has 108 valence electrons. The minimum absolute atomic E-state index is 0.0353. The fourth-order valence-corrected chi connectivity index (χ4v) is 2.51. The molecular weight excluding hydrogens is 258 g/mol. The number of carbonyl (C=O) groups excluding carboxylic acids is 1. The van der Waals surface area contributed by atoms with Gasteiger partial charge in [-0.05, 0) is 50.7 Å². The quantitative estimate of drug-likeness (QED) is 0.477. The number of rotatable bonds is 4. The molecule has 1 fully saturated rings. The number of hydrogen-bond donors (Lipinski definition) is 0. The molecule has 0 aromatic heterocycles. The number of carbonyl (C=O) groups is 1. The lowest BCUT2D eigenvalue weighted by Gasteiger charge is -2.26. The summed E-state index contributed by atoms with van der Waals surface area (Å²) in [6, 6.07) is 4.41. The van der Waals surface area contributed by atoms with E-state index in [1.54, 1.807) is 6.07 Å². The molecule has 5 nitrogen and oxygen atoms in total. The molecule has 0 radical (unpaired) electrons. The summed E-state index contributed by atoms with van der Waals surface area (Å²) in [5.74, 6) is 0.774. The van der Waals surface area contributed by atoms with Crippen LogP contribution < -0.4 is 4.74 Å². The van der Waals surface area contributed by atoms with Crippen LogP contribution in [0.4, 0.5) is 5.69 Å². The Morgan fingerprint density at radius 3 is 2.50 bits per heavy atom. The Morgan fingerprint density at radius 2 is 1.95 bits per heavy atom. The van der Waals surface area contributed by atoms with Crippen LogP contribution in [0.3, 0.4) is 0 Å². The van der Waals surface area contributed by atoms with Gasteiger partial charge in [0.1, 0.15) is 0 Å². The summed E-state index contributed by atoms with van der Waals surface area (Å²) in [5.41, 5.74) is 0.206. The number of ether oxygens (including phenoxy) is 1. The van der Waals surface area contributed by atoms with Crippen molar-refractivity contribution in [3.63, 3.8) is 0 Å². The molecule has 1 aromatic carbocycles. The van der Waals surface area contributed by atoms with Crippen LogP contribution in [0, 0.1) is 16.0 Å². The van der Waals surface area contributed by atoms with E-state index in [4.69, 9.17) is 4.74 Å². The Kier molecular flexibility index (Phi) is 4.37. The molecule has 0 atom stereocenters. The summed E-state index contributed by atoms with van der Waals surface area (Å²) in [6.07, 6.45) is 4.06. The van der Waals surface area contributed by atoms with Crippen LogP contribution >= 0.6 is 0 Å². The molecule has 0 heterocycles. The topological polar surface area (TPSA) is 69.4 Å². The third kappa shape index (κ3) is 3.35. The molecule has 0 bridgehead atoms. The van der Waals surface area contributed by atoms with E-state index in [1.165, 1.54) is 19.1 Å². The highest BCUT2D eigenvalue weighted by molar-refractivity contribution is 5.95. The van der Waals surface area contributed by atoms with E-state index in [0.29, 0.717) is 11.5 Å². The number of nitrogens with zero attached hydrogens (tertiary/aromatic N) is 1. The van der Waals surface area contributed by atoms with Gasteiger partial charge in [-0.1, -0.05) is 6.92 Å². The number of benzene rings is 1. The van der Waals surface area contributed by atoms with Crippen molar-refractivity contribution < 1.29 is 14.5 Å². The first-order valence-corrected chi connectivity index (χ1v) is 6.93. The first-order chi connectivity index (χ1) is 9.47. The zero-order valence-electron chi connectivity index (χ0n) is 11.8. The highest BCUT2D eigenvalue weighted by Gasteiger charge is 2.24. The monoisotopic (exact) mass is 277 g/mol. The normalized spacial score (nSPS) is 22.3. The van der Waals surface area contributed by atoms with Gasteiger partial charge in [-0.15, -0.1) is 0 Å². The Bertz CT molecular complexity index is 519. The molecule has 0 unspecified atom stereocenters. The maximum absolute atomic E-state index is 11.3. The molecule has 20 heavy (non-hydrogen) atoms. The van der Waals surface area contributed by atoms with Gasteiger partial charge < -0.3 is 4.74 Å². The lowest BCUT2D eigenvalue weighted by Crippen LogP contribution is -2.23. The predicted octanol–water partition coefficient (Wildman–Crippen LogP) is 3.75. The lowest BCUT2D eigenvalue weighted by atomic mass is 9.89. The van der Waals surface area contributed by atoms with E-state index in [2.05, 4.69) is 6.92 Å². The first kappa shape index (κ1) is 14.5. The van der Waals surface area contributed by atoms with E-state index in [-0.39, 0.29) is 23.3 Å². The minimum Gasteiger partial charge on any atom is -0.484 e. The lowest BCUT2D eigenvalue weighted by molar-refractivity contribution is -0.386. The maximum atomic E-state index is 11.3. The van der Waals surface area contributed by atoms with Crippen LogP contribution in [0.5, 0.6) is 5.75 Å². The molecule has 1 aliphatic rings. The summed E-state index contributed by atoms with van der Waals surface area (Å²) in [6.45, 7) is 3.60. The highest BCUT2D eigenvalue weighted by Crippen LogP contribution is 2.33. The number of Topliss-reactive ketones (excluding diaryl/α,β-unsaturated/α-hetero) is 1. The van der Waals surface area contributed by atoms with Crippen molar-refractivity contribution in [1.29, 1.82) is 0 Å². The van der Waals surface area contributed by atoms with E-state index >= 15 is 0 Å². The van der Waals surface area contributed by atoms with Crippen molar-refractivity contribution in [1.82, 2.24) is 0 Å². The van der Waals surface area contributed by atoms with Gasteiger partial charge in [-0.3, -0.25) is 14.9 Å². The van der Waals surface area contributed by atoms with Crippen LogP contribution in [-0.4, -0.2) is 16.8 Å². The van der Waals surface area contributed by atoms with Crippen molar-refractivity contribution in [2.24, 2.45) is 5.92 Å². The summed E-state index contributed by atoms with van der Waals surface area (Å²) in [4.78, 5) is 21.9. The van der Waals surface area contributed by atoms with Crippen molar-refractivity contribution in [2.75, 3.05) is 0 Å². The molecule has 5 heteroatoms. The Balaban J connectivity index is 2.18. The second kappa shape index (κ2) is 6.03. The Morgan fingerprint density at radius 1 is 1.30 bits per heavy atom. The molecule has 0 N–H and O–H groups in total. The molecule has 1 aromatic rings. The molecule has 1 aliphatic carbocycles. The summed E-state index contributed by atoms with van der Waals surface area (Å²) in [5, 5.41) is 11.1. The largest absolute Gasteiger partial charge is 0.484 e. The Hall–Kier alpha value is -1.91. The van der Waals surface area contributed by atoms with Crippen LogP contribution in [0.2, 0.25) is 0 Å². The fourth-order valence-electron chi connectivity index (χ4n) is 2.51. The van der Waals surface area contributed by atoms with Gasteiger partial charge in [-0.2, -0.15) is 0 Å². The minimum atomic E-state index is -0.493. The number of nitro groups is 1. The maximum Gasteiger partial charge on any atom is 0.311 e.